The van der Waals surface area contributed by atoms with Gasteiger partial charge in [0.05, 0.1) is 12.5 Å². The highest BCUT2D eigenvalue weighted by molar-refractivity contribution is 7.99. The van der Waals surface area contributed by atoms with Crippen LogP contribution in [0.3, 0.4) is 0 Å². The average Bonchev–Trinajstić information content (AvgIpc) is 3.05. The molecule has 1 saturated heterocycles. The Morgan fingerprint density at radius 2 is 2.26 bits per heavy atom. The molecule has 1 fully saturated rings. The van der Waals surface area contributed by atoms with Crippen LogP contribution in [0, 0.1) is 0 Å². The summed E-state index contributed by atoms with van der Waals surface area (Å²) in [6.45, 7) is 0.643. The molecule has 100 valence electrons. The first kappa shape index (κ1) is 12.3. The molecule has 0 bridgehead atoms. The normalized spacial score (nSPS) is 21.1. The molecule has 0 saturated carbocycles. The van der Waals surface area contributed by atoms with Crippen LogP contribution < -0.4 is 4.74 Å². The molecule has 1 amide bonds. The highest BCUT2D eigenvalue weighted by Crippen LogP contribution is 2.28. The number of thioether (sulfide) groups is 1. The van der Waals surface area contributed by atoms with Crippen molar-refractivity contribution in [1.29, 1.82) is 0 Å². The second-order valence-electron chi connectivity index (χ2n) is 4.55. The number of nitrogens with zero attached hydrogens (tertiary/aromatic N) is 1. The third kappa shape index (κ3) is 2.16. The lowest BCUT2D eigenvalue weighted by molar-refractivity contribution is -0.140. The number of carbonyl (C=O) groups is 2. The van der Waals surface area contributed by atoms with Crippen molar-refractivity contribution < 1.29 is 19.4 Å². The van der Waals surface area contributed by atoms with Crippen LogP contribution in [0.4, 0.5) is 0 Å². The van der Waals surface area contributed by atoms with E-state index in [9.17, 15) is 9.59 Å². The molecule has 1 atom stereocenters. The fourth-order valence-electron chi connectivity index (χ4n) is 2.33. The van der Waals surface area contributed by atoms with Gasteiger partial charge in [-0.2, -0.15) is 0 Å². The predicted molar refractivity (Wildman–Crippen MR) is 70.6 cm³/mol. The van der Waals surface area contributed by atoms with Crippen molar-refractivity contribution in [1.82, 2.24) is 4.90 Å². The third-order valence-electron chi connectivity index (χ3n) is 3.36. The van der Waals surface area contributed by atoms with E-state index in [4.69, 9.17) is 9.84 Å². The van der Waals surface area contributed by atoms with Crippen LogP contribution in [0.1, 0.15) is 15.9 Å². The average molecular weight is 279 g/mol. The Balaban J connectivity index is 1.85. The van der Waals surface area contributed by atoms with Crippen molar-refractivity contribution in [3.8, 4) is 5.75 Å². The number of carbonyl (C=O) groups excluding carboxylic acids is 1. The minimum Gasteiger partial charge on any atom is -0.493 e. The molecule has 2 heterocycles. The molecule has 1 N–H and O–H groups in total. The maximum Gasteiger partial charge on any atom is 0.327 e. The first-order valence-corrected chi connectivity index (χ1v) is 7.19. The molecule has 2 aliphatic heterocycles. The van der Waals surface area contributed by atoms with E-state index in [1.54, 1.807) is 12.1 Å². The highest BCUT2D eigenvalue weighted by atomic mass is 32.2. The number of hydrogen-bond acceptors (Lipinski definition) is 4. The lowest BCUT2D eigenvalue weighted by Crippen LogP contribution is -2.41. The van der Waals surface area contributed by atoms with Gasteiger partial charge in [-0.05, 0) is 23.8 Å². The zero-order valence-electron chi connectivity index (χ0n) is 10.2. The molecule has 0 unspecified atom stereocenters. The van der Waals surface area contributed by atoms with E-state index in [0.717, 1.165) is 17.7 Å². The Kier molecular flexibility index (Phi) is 3.10. The number of carboxylic acids is 1. The van der Waals surface area contributed by atoms with Crippen LogP contribution >= 0.6 is 11.8 Å². The monoisotopic (exact) mass is 279 g/mol. The molecule has 0 spiro atoms. The molecule has 2 aliphatic rings. The quantitative estimate of drug-likeness (QED) is 0.881. The Morgan fingerprint density at radius 1 is 1.42 bits per heavy atom. The number of rotatable bonds is 2. The molecule has 0 aliphatic carbocycles. The fourth-order valence-corrected chi connectivity index (χ4v) is 3.48. The summed E-state index contributed by atoms with van der Waals surface area (Å²) in [7, 11) is 0. The Morgan fingerprint density at radius 3 is 3.05 bits per heavy atom. The van der Waals surface area contributed by atoms with Gasteiger partial charge in [0.25, 0.3) is 5.91 Å². The summed E-state index contributed by atoms with van der Waals surface area (Å²) in [6.07, 6.45) is 0.799. The van der Waals surface area contributed by atoms with Crippen LogP contribution in [0.2, 0.25) is 0 Å². The van der Waals surface area contributed by atoms with Crippen molar-refractivity contribution in [2.24, 2.45) is 0 Å². The molecule has 3 rings (SSSR count). The second-order valence-corrected chi connectivity index (χ2v) is 5.55. The Labute approximate surface area is 114 Å². The molecule has 5 nitrogen and oxygen atoms in total. The van der Waals surface area contributed by atoms with Gasteiger partial charge in [0, 0.05) is 17.7 Å². The number of amides is 1. The number of carboxylic acid groups (broad SMARTS) is 1. The SMILES string of the molecule is O=C(O)[C@@H]1CSCN1C(=O)c1ccc2c(c1)CCO2. The summed E-state index contributed by atoms with van der Waals surface area (Å²) in [4.78, 5) is 24.9. The number of fused-ring (bicyclic) bond motifs is 1. The Hall–Kier alpha value is -1.69. The smallest absolute Gasteiger partial charge is 0.327 e. The number of hydrogen-bond donors (Lipinski definition) is 1. The van der Waals surface area contributed by atoms with Crippen LogP contribution in [-0.4, -0.2) is 46.2 Å². The second kappa shape index (κ2) is 4.77. The fraction of sp³-hybridized carbons (Fsp3) is 0.385. The highest BCUT2D eigenvalue weighted by Gasteiger charge is 2.35. The summed E-state index contributed by atoms with van der Waals surface area (Å²) < 4.78 is 5.39. The Bertz CT molecular complexity index is 545. The zero-order chi connectivity index (χ0) is 13.4. The van der Waals surface area contributed by atoms with Crippen LogP contribution in [0.15, 0.2) is 18.2 Å². The molecule has 1 aromatic rings. The van der Waals surface area contributed by atoms with Gasteiger partial charge in [-0.3, -0.25) is 4.79 Å². The first-order chi connectivity index (χ1) is 9.16. The lowest BCUT2D eigenvalue weighted by Gasteiger charge is -2.20. The summed E-state index contributed by atoms with van der Waals surface area (Å²) in [5.74, 6) is 0.551. The van der Waals surface area contributed by atoms with Crippen molar-refractivity contribution in [3.05, 3.63) is 29.3 Å². The lowest BCUT2D eigenvalue weighted by atomic mass is 10.1. The van der Waals surface area contributed by atoms with Gasteiger partial charge in [0.1, 0.15) is 11.8 Å². The van der Waals surface area contributed by atoms with Crippen molar-refractivity contribution in [2.45, 2.75) is 12.5 Å². The maximum atomic E-state index is 12.4. The van der Waals surface area contributed by atoms with Gasteiger partial charge < -0.3 is 14.7 Å². The van der Waals surface area contributed by atoms with Crippen molar-refractivity contribution in [3.63, 3.8) is 0 Å². The summed E-state index contributed by atoms with van der Waals surface area (Å²) >= 11 is 1.47. The van der Waals surface area contributed by atoms with Gasteiger partial charge in [-0.15, -0.1) is 11.8 Å². The molecular formula is C13H13NO4S. The zero-order valence-corrected chi connectivity index (χ0v) is 11.0. The van der Waals surface area contributed by atoms with Gasteiger partial charge >= 0.3 is 5.97 Å². The van der Waals surface area contributed by atoms with Crippen LogP contribution in [-0.2, 0) is 11.2 Å². The summed E-state index contributed by atoms with van der Waals surface area (Å²) in [5.41, 5.74) is 1.56. The van der Waals surface area contributed by atoms with Crippen molar-refractivity contribution >= 4 is 23.6 Å². The van der Waals surface area contributed by atoms with Gasteiger partial charge in [-0.25, -0.2) is 4.79 Å². The molecule has 6 heteroatoms. The van der Waals surface area contributed by atoms with Gasteiger partial charge in [0.15, 0.2) is 0 Å². The number of benzene rings is 1. The third-order valence-corrected chi connectivity index (χ3v) is 4.38. The van der Waals surface area contributed by atoms with E-state index in [0.29, 0.717) is 23.8 Å². The standard InChI is InChI=1S/C13H13NO4S/c15-12(14-7-19-6-10(14)13(16)17)9-1-2-11-8(5-9)3-4-18-11/h1-2,5,10H,3-4,6-7H2,(H,16,17)/t10-/m0/s1. The van der Waals surface area contributed by atoms with Crippen LogP contribution in [0.25, 0.3) is 0 Å². The van der Waals surface area contributed by atoms with Gasteiger partial charge in [0.2, 0.25) is 0 Å². The minimum absolute atomic E-state index is 0.216. The number of aliphatic carboxylic acids is 1. The predicted octanol–water partition coefficient (Wildman–Crippen LogP) is 1.22. The largest absolute Gasteiger partial charge is 0.493 e. The van der Waals surface area contributed by atoms with E-state index >= 15 is 0 Å². The van der Waals surface area contributed by atoms with E-state index in [1.807, 2.05) is 6.07 Å². The minimum atomic E-state index is -0.942. The number of ether oxygens (including phenoxy) is 1. The summed E-state index contributed by atoms with van der Waals surface area (Å²) in [6, 6.07) is 4.58. The van der Waals surface area contributed by atoms with E-state index < -0.39 is 12.0 Å². The molecule has 0 radical (unpaired) electrons. The summed E-state index contributed by atoms with van der Waals surface area (Å²) in [5, 5.41) is 9.11. The van der Waals surface area contributed by atoms with E-state index in [-0.39, 0.29) is 5.91 Å². The maximum absolute atomic E-state index is 12.4. The van der Waals surface area contributed by atoms with E-state index in [2.05, 4.69) is 0 Å². The molecular weight excluding hydrogens is 266 g/mol. The molecule has 19 heavy (non-hydrogen) atoms. The topological polar surface area (TPSA) is 66.8 Å². The van der Waals surface area contributed by atoms with Crippen molar-refractivity contribution in [2.75, 3.05) is 18.2 Å². The first-order valence-electron chi connectivity index (χ1n) is 6.04. The van der Waals surface area contributed by atoms with Gasteiger partial charge in [-0.1, -0.05) is 0 Å². The van der Waals surface area contributed by atoms with Crippen LogP contribution in [0.5, 0.6) is 5.75 Å². The van der Waals surface area contributed by atoms with E-state index in [1.165, 1.54) is 16.7 Å². The molecule has 0 aromatic heterocycles. The molecule has 1 aromatic carbocycles.